The Bertz CT molecular complexity index is 879. The summed E-state index contributed by atoms with van der Waals surface area (Å²) in [6.07, 6.45) is 9.30. The van der Waals surface area contributed by atoms with E-state index in [1.54, 1.807) is 0 Å². The smallest absolute Gasteiger partial charge is 0.0534 e. The van der Waals surface area contributed by atoms with Crippen LogP contribution in [-0.4, -0.2) is 32.8 Å². The van der Waals surface area contributed by atoms with Gasteiger partial charge in [-0.15, -0.1) is 0 Å². The van der Waals surface area contributed by atoms with Crippen molar-refractivity contribution in [3.63, 3.8) is 0 Å². The van der Waals surface area contributed by atoms with Gasteiger partial charge in [0.15, 0.2) is 0 Å². The van der Waals surface area contributed by atoms with Crippen molar-refractivity contribution in [2.45, 2.75) is 31.7 Å². The lowest BCUT2D eigenvalue weighted by Crippen LogP contribution is -2.32. The molecule has 1 aliphatic heterocycles. The molecule has 3 aromatic rings. The van der Waals surface area contributed by atoms with Crippen molar-refractivity contribution in [3.8, 4) is 0 Å². The fraction of sp³-hybridized carbons (Fsp3) is 0.364. The van der Waals surface area contributed by atoms with Gasteiger partial charge in [-0.3, -0.25) is 14.6 Å². The Morgan fingerprint density at radius 3 is 2.56 bits per heavy atom. The van der Waals surface area contributed by atoms with Crippen LogP contribution in [0.1, 0.15) is 41.1 Å². The zero-order valence-electron chi connectivity index (χ0n) is 15.7. The molecule has 140 valence electrons. The van der Waals surface area contributed by atoms with E-state index in [2.05, 4.69) is 34.4 Å². The van der Waals surface area contributed by atoms with Crippen molar-refractivity contribution in [1.82, 2.24) is 19.7 Å². The van der Waals surface area contributed by atoms with Gasteiger partial charge < -0.3 is 0 Å². The Morgan fingerprint density at radius 2 is 1.89 bits per heavy atom. The molecular weight excluding hydrogens is 356 g/mol. The fourth-order valence-corrected chi connectivity index (χ4v) is 4.08. The first-order valence-corrected chi connectivity index (χ1v) is 9.92. The van der Waals surface area contributed by atoms with Gasteiger partial charge in [0.25, 0.3) is 0 Å². The summed E-state index contributed by atoms with van der Waals surface area (Å²) in [5.41, 5.74) is 4.97. The Morgan fingerprint density at radius 1 is 1.04 bits per heavy atom. The molecule has 3 heterocycles. The molecule has 1 aliphatic rings. The van der Waals surface area contributed by atoms with Crippen molar-refractivity contribution in [1.29, 1.82) is 0 Å². The van der Waals surface area contributed by atoms with Crippen LogP contribution in [0.5, 0.6) is 0 Å². The lowest BCUT2D eigenvalue weighted by atomic mass is 9.92. The summed E-state index contributed by atoms with van der Waals surface area (Å²) in [6, 6.07) is 12.5. The summed E-state index contributed by atoms with van der Waals surface area (Å²) in [6.45, 7) is 3.23. The molecule has 4 rings (SSSR count). The van der Waals surface area contributed by atoms with Gasteiger partial charge in [0.2, 0.25) is 0 Å². The zero-order valence-corrected chi connectivity index (χ0v) is 16.4. The lowest BCUT2D eigenvalue weighted by molar-refractivity contribution is 0.203. The fourth-order valence-electron chi connectivity index (χ4n) is 3.86. The SMILES string of the molecule is Cn1cc(CN2CCC(c3ccc(Cc4cccc(Cl)c4)cn3)CC2)cn1. The first-order valence-electron chi connectivity index (χ1n) is 9.55. The van der Waals surface area contributed by atoms with E-state index in [-0.39, 0.29) is 0 Å². The predicted octanol–water partition coefficient (Wildman–Crippen LogP) is 4.44. The van der Waals surface area contributed by atoms with Gasteiger partial charge in [0.05, 0.1) is 6.20 Å². The summed E-state index contributed by atoms with van der Waals surface area (Å²) in [4.78, 5) is 7.28. The molecule has 2 aromatic heterocycles. The topological polar surface area (TPSA) is 34.0 Å². The molecule has 0 atom stereocenters. The highest BCUT2D eigenvalue weighted by molar-refractivity contribution is 6.30. The third kappa shape index (κ3) is 4.76. The van der Waals surface area contributed by atoms with Crippen molar-refractivity contribution >= 4 is 11.6 Å². The van der Waals surface area contributed by atoms with Crippen LogP contribution >= 0.6 is 11.6 Å². The number of aromatic nitrogens is 3. The van der Waals surface area contributed by atoms with E-state index in [0.29, 0.717) is 5.92 Å². The summed E-state index contributed by atoms with van der Waals surface area (Å²) < 4.78 is 1.87. The maximum atomic E-state index is 6.08. The molecule has 0 bridgehead atoms. The minimum Gasteiger partial charge on any atom is -0.299 e. The first kappa shape index (κ1) is 18.2. The number of benzene rings is 1. The number of nitrogens with zero attached hydrogens (tertiary/aromatic N) is 4. The molecule has 0 radical (unpaired) electrons. The molecule has 0 N–H and O–H groups in total. The van der Waals surface area contributed by atoms with Crippen molar-refractivity contribution < 1.29 is 0 Å². The maximum absolute atomic E-state index is 6.08. The van der Waals surface area contributed by atoms with E-state index in [0.717, 1.165) is 31.1 Å². The highest BCUT2D eigenvalue weighted by Gasteiger charge is 2.21. The van der Waals surface area contributed by atoms with E-state index in [1.165, 1.54) is 35.2 Å². The van der Waals surface area contributed by atoms with Crippen LogP contribution in [0.4, 0.5) is 0 Å². The monoisotopic (exact) mass is 380 g/mol. The second-order valence-corrected chi connectivity index (χ2v) is 7.91. The van der Waals surface area contributed by atoms with Crippen LogP contribution in [0, 0.1) is 0 Å². The number of piperidine rings is 1. The van der Waals surface area contributed by atoms with Crippen LogP contribution < -0.4 is 0 Å². The van der Waals surface area contributed by atoms with Crippen molar-refractivity contribution in [3.05, 3.63) is 82.4 Å². The number of rotatable bonds is 5. The summed E-state index contributed by atoms with van der Waals surface area (Å²) in [7, 11) is 1.97. The third-order valence-electron chi connectivity index (χ3n) is 5.32. The lowest BCUT2D eigenvalue weighted by Gasteiger charge is -2.31. The minimum absolute atomic E-state index is 0.565. The van der Waals surface area contributed by atoms with Gasteiger partial charge in [-0.05, 0) is 61.7 Å². The Balaban J connectivity index is 1.32. The zero-order chi connectivity index (χ0) is 18.6. The maximum Gasteiger partial charge on any atom is 0.0534 e. The normalized spacial score (nSPS) is 15.9. The van der Waals surface area contributed by atoms with Crippen LogP contribution in [0.15, 0.2) is 55.0 Å². The van der Waals surface area contributed by atoms with E-state index in [1.807, 2.05) is 42.3 Å². The molecule has 0 spiro atoms. The van der Waals surface area contributed by atoms with Crippen LogP contribution in [0.3, 0.4) is 0 Å². The van der Waals surface area contributed by atoms with E-state index in [9.17, 15) is 0 Å². The number of hydrogen-bond donors (Lipinski definition) is 0. The minimum atomic E-state index is 0.565. The average Bonchev–Trinajstić information content (AvgIpc) is 3.08. The molecule has 27 heavy (non-hydrogen) atoms. The molecule has 1 fully saturated rings. The Hall–Kier alpha value is -2.17. The molecule has 0 aliphatic carbocycles. The van der Waals surface area contributed by atoms with Gasteiger partial charge in [-0.2, -0.15) is 5.10 Å². The second kappa shape index (κ2) is 8.24. The van der Waals surface area contributed by atoms with Gasteiger partial charge in [0.1, 0.15) is 0 Å². The third-order valence-corrected chi connectivity index (χ3v) is 5.55. The Labute approximate surface area is 165 Å². The standard InChI is InChI=1S/C22H25ClN4/c1-26-15-19(14-25-26)16-27-9-7-20(8-10-27)22-6-5-18(13-24-22)11-17-3-2-4-21(23)12-17/h2-6,12-15,20H,7-11,16H2,1H3. The molecule has 4 nitrogen and oxygen atoms in total. The Kier molecular flexibility index (Phi) is 5.55. The summed E-state index contributed by atoms with van der Waals surface area (Å²) in [5.74, 6) is 0.565. The molecule has 0 unspecified atom stereocenters. The predicted molar refractivity (Wildman–Crippen MR) is 109 cm³/mol. The van der Waals surface area contributed by atoms with Gasteiger partial charge in [-0.25, -0.2) is 0 Å². The number of aryl methyl sites for hydroxylation is 1. The van der Waals surface area contributed by atoms with E-state index < -0.39 is 0 Å². The van der Waals surface area contributed by atoms with Crippen LogP contribution in [0.2, 0.25) is 5.02 Å². The highest BCUT2D eigenvalue weighted by Crippen LogP contribution is 2.27. The van der Waals surface area contributed by atoms with Crippen LogP contribution in [-0.2, 0) is 20.0 Å². The largest absolute Gasteiger partial charge is 0.299 e. The van der Waals surface area contributed by atoms with Crippen molar-refractivity contribution in [2.75, 3.05) is 13.1 Å². The van der Waals surface area contributed by atoms with Crippen LogP contribution in [0.25, 0.3) is 0 Å². The van der Waals surface area contributed by atoms with E-state index in [4.69, 9.17) is 16.6 Å². The molecule has 5 heteroatoms. The number of pyridine rings is 1. The number of likely N-dealkylation sites (tertiary alicyclic amines) is 1. The number of halogens is 1. The second-order valence-electron chi connectivity index (χ2n) is 7.47. The summed E-state index contributed by atoms with van der Waals surface area (Å²) in [5, 5.41) is 5.05. The highest BCUT2D eigenvalue weighted by atomic mass is 35.5. The summed E-state index contributed by atoms with van der Waals surface area (Å²) >= 11 is 6.08. The van der Waals surface area contributed by atoms with E-state index >= 15 is 0 Å². The average molecular weight is 381 g/mol. The first-order chi connectivity index (χ1) is 13.2. The van der Waals surface area contributed by atoms with Gasteiger partial charge in [0, 0.05) is 48.2 Å². The molecule has 0 amide bonds. The quantitative estimate of drug-likeness (QED) is 0.656. The molecule has 0 saturated carbocycles. The number of hydrogen-bond acceptors (Lipinski definition) is 3. The molecule has 1 saturated heterocycles. The van der Waals surface area contributed by atoms with Crippen molar-refractivity contribution in [2.24, 2.45) is 7.05 Å². The van der Waals surface area contributed by atoms with Gasteiger partial charge >= 0.3 is 0 Å². The molecule has 1 aromatic carbocycles. The molecular formula is C22H25ClN4. The van der Waals surface area contributed by atoms with Gasteiger partial charge in [-0.1, -0.05) is 29.8 Å².